The van der Waals surface area contributed by atoms with Crippen molar-refractivity contribution in [3.63, 3.8) is 0 Å². The third-order valence-corrected chi connectivity index (χ3v) is 3.77. The first-order valence-electron chi connectivity index (χ1n) is 6.68. The Kier molecular flexibility index (Phi) is 4.12. The third-order valence-electron chi connectivity index (χ3n) is 3.77. The van der Waals surface area contributed by atoms with Crippen molar-refractivity contribution >= 4 is 23.2 Å². The Balaban J connectivity index is 2.12. The van der Waals surface area contributed by atoms with E-state index in [-0.39, 0.29) is 11.8 Å². The van der Waals surface area contributed by atoms with Crippen LogP contribution >= 0.6 is 0 Å². The van der Waals surface area contributed by atoms with E-state index in [0.29, 0.717) is 11.3 Å². The summed E-state index contributed by atoms with van der Waals surface area (Å²) in [6.45, 7) is 1.48. The molecule has 0 aromatic heterocycles. The molecule has 0 bridgehead atoms. The summed E-state index contributed by atoms with van der Waals surface area (Å²) in [6.07, 6.45) is 1.56. The number of nitrogens with one attached hydrogen (secondary N) is 1. The summed E-state index contributed by atoms with van der Waals surface area (Å²) in [6, 6.07) is 5.04. The molecule has 6 heteroatoms. The lowest BCUT2D eigenvalue weighted by Crippen LogP contribution is -2.39. The molecule has 1 heterocycles. The predicted octanol–water partition coefficient (Wildman–Crippen LogP) is 0.330. The number of benzene rings is 1. The summed E-state index contributed by atoms with van der Waals surface area (Å²) >= 11 is 0. The largest absolute Gasteiger partial charge is 0.397 e. The van der Waals surface area contributed by atoms with E-state index in [1.165, 1.54) is 0 Å². The molecule has 0 radical (unpaired) electrons. The Morgan fingerprint density at radius 1 is 1.30 bits per heavy atom. The molecule has 1 saturated heterocycles. The number of nitrogens with zero attached hydrogens (tertiary/aromatic N) is 1. The zero-order chi connectivity index (χ0) is 14.7. The number of rotatable bonds is 3. The fraction of sp³-hybridized carbons (Fsp3) is 0.429. The first-order valence-corrected chi connectivity index (χ1v) is 6.68. The number of nitrogen functional groups attached to an aromatic ring is 1. The third kappa shape index (κ3) is 2.84. The van der Waals surface area contributed by atoms with E-state index < -0.39 is 5.91 Å². The number of carbonyl (C=O) groups is 2. The van der Waals surface area contributed by atoms with Crippen molar-refractivity contribution in [3.8, 4) is 0 Å². The van der Waals surface area contributed by atoms with Crippen LogP contribution in [0.2, 0.25) is 0 Å². The Hall–Kier alpha value is -2.24. The second kappa shape index (κ2) is 5.81. The fourth-order valence-electron chi connectivity index (χ4n) is 2.56. The molecule has 1 aromatic carbocycles. The van der Waals surface area contributed by atoms with E-state index in [0.717, 1.165) is 31.6 Å². The van der Waals surface area contributed by atoms with Crippen molar-refractivity contribution in [1.82, 2.24) is 5.32 Å². The normalized spacial score (nSPS) is 15.9. The zero-order valence-electron chi connectivity index (χ0n) is 11.6. The molecule has 0 atom stereocenters. The number of amides is 2. The van der Waals surface area contributed by atoms with Crippen molar-refractivity contribution in [2.45, 2.75) is 12.8 Å². The summed E-state index contributed by atoms with van der Waals surface area (Å²) in [5, 5.41) is 2.68. The minimum atomic E-state index is -0.466. The first kappa shape index (κ1) is 14.2. The zero-order valence-corrected chi connectivity index (χ0v) is 11.6. The van der Waals surface area contributed by atoms with E-state index >= 15 is 0 Å². The number of hydrogen-bond donors (Lipinski definition) is 3. The number of hydrogen-bond acceptors (Lipinski definition) is 4. The lowest BCUT2D eigenvalue weighted by molar-refractivity contribution is -0.125. The standard InChI is InChI=1S/C14H20N4O2/c1-17-14(20)9-4-6-18(7-5-9)12-8-10(13(16)19)2-3-11(12)15/h2-3,8-9H,4-7,15H2,1H3,(H2,16,19)(H,17,20). The van der Waals surface area contributed by atoms with Crippen LogP contribution in [0.15, 0.2) is 18.2 Å². The predicted molar refractivity (Wildman–Crippen MR) is 78.4 cm³/mol. The summed E-state index contributed by atoms with van der Waals surface area (Å²) in [5.41, 5.74) is 13.1. The van der Waals surface area contributed by atoms with Crippen LogP contribution in [0.1, 0.15) is 23.2 Å². The van der Waals surface area contributed by atoms with Crippen LogP contribution in [0.25, 0.3) is 0 Å². The maximum Gasteiger partial charge on any atom is 0.248 e. The summed E-state index contributed by atoms with van der Waals surface area (Å²) in [7, 11) is 1.66. The van der Waals surface area contributed by atoms with Gasteiger partial charge in [-0.05, 0) is 31.0 Å². The summed E-state index contributed by atoms with van der Waals surface area (Å²) in [5.74, 6) is -0.327. The highest BCUT2D eigenvalue weighted by atomic mass is 16.2. The van der Waals surface area contributed by atoms with E-state index in [1.54, 1.807) is 25.2 Å². The molecule has 2 rings (SSSR count). The second-order valence-electron chi connectivity index (χ2n) is 5.01. The Morgan fingerprint density at radius 2 is 1.95 bits per heavy atom. The first-order chi connectivity index (χ1) is 9.52. The Labute approximate surface area is 118 Å². The molecule has 0 unspecified atom stereocenters. The van der Waals surface area contributed by atoms with Crippen LogP contribution in [0.3, 0.4) is 0 Å². The number of primary amides is 1. The number of anilines is 2. The van der Waals surface area contributed by atoms with E-state index in [1.807, 2.05) is 0 Å². The molecule has 2 amide bonds. The highest BCUT2D eigenvalue weighted by Gasteiger charge is 2.25. The topological polar surface area (TPSA) is 101 Å². The molecular formula is C14H20N4O2. The van der Waals surface area contributed by atoms with Gasteiger partial charge in [-0.25, -0.2) is 0 Å². The summed E-state index contributed by atoms with van der Waals surface area (Å²) < 4.78 is 0. The average molecular weight is 276 g/mol. The quantitative estimate of drug-likeness (QED) is 0.692. The van der Waals surface area contributed by atoms with Gasteiger partial charge in [-0.3, -0.25) is 9.59 Å². The van der Waals surface area contributed by atoms with Crippen LogP contribution in [-0.4, -0.2) is 32.0 Å². The van der Waals surface area contributed by atoms with Crippen molar-refractivity contribution in [1.29, 1.82) is 0 Å². The van der Waals surface area contributed by atoms with Crippen LogP contribution in [0.4, 0.5) is 11.4 Å². The highest BCUT2D eigenvalue weighted by molar-refractivity contribution is 5.95. The van der Waals surface area contributed by atoms with Crippen molar-refractivity contribution < 1.29 is 9.59 Å². The van der Waals surface area contributed by atoms with Crippen LogP contribution in [0, 0.1) is 5.92 Å². The number of carbonyl (C=O) groups excluding carboxylic acids is 2. The van der Waals surface area contributed by atoms with Crippen LogP contribution in [0.5, 0.6) is 0 Å². The maximum absolute atomic E-state index is 11.6. The smallest absolute Gasteiger partial charge is 0.248 e. The molecule has 1 aromatic rings. The van der Waals surface area contributed by atoms with Crippen molar-refractivity contribution in [3.05, 3.63) is 23.8 Å². The fourth-order valence-corrected chi connectivity index (χ4v) is 2.56. The SMILES string of the molecule is CNC(=O)C1CCN(c2cc(C(N)=O)ccc2N)CC1. The maximum atomic E-state index is 11.6. The van der Waals surface area contributed by atoms with Gasteiger partial charge in [0.15, 0.2) is 0 Å². The van der Waals surface area contributed by atoms with Crippen molar-refractivity contribution in [2.75, 3.05) is 30.8 Å². The number of piperidine rings is 1. The second-order valence-corrected chi connectivity index (χ2v) is 5.01. The number of nitrogens with two attached hydrogens (primary N) is 2. The molecule has 0 saturated carbocycles. The van der Waals surface area contributed by atoms with Gasteiger partial charge in [0.2, 0.25) is 11.8 Å². The van der Waals surface area contributed by atoms with Crippen LogP contribution < -0.4 is 21.7 Å². The molecule has 20 heavy (non-hydrogen) atoms. The van der Waals surface area contributed by atoms with Gasteiger partial charge >= 0.3 is 0 Å². The summed E-state index contributed by atoms with van der Waals surface area (Å²) in [4.78, 5) is 24.9. The monoisotopic (exact) mass is 276 g/mol. The van der Waals surface area contributed by atoms with Gasteiger partial charge in [-0.15, -0.1) is 0 Å². The van der Waals surface area contributed by atoms with Crippen molar-refractivity contribution in [2.24, 2.45) is 11.7 Å². The average Bonchev–Trinajstić information content (AvgIpc) is 2.47. The highest BCUT2D eigenvalue weighted by Crippen LogP contribution is 2.29. The molecule has 0 aliphatic carbocycles. The van der Waals surface area contributed by atoms with Gasteiger partial charge in [0.1, 0.15) is 0 Å². The lowest BCUT2D eigenvalue weighted by Gasteiger charge is -2.33. The van der Waals surface area contributed by atoms with Gasteiger partial charge < -0.3 is 21.7 Å². The van der Waals surface area contributed by atoms with Crippen LogP contribution in [-0.2, 0) is 4.79 Å². The Bertz CT molecular complexity index is 522. The molecule has 1 fully saturated rings. The molecule has 5 N–H and O–H groups in total. The van der Waals surface area contributed by atoms with Gasteiger partial charge in [-0.1, -0.05) is 0 Å². The molecule has 1 aliphatic rings. The molecule has 0 spiro atoms. The van der Waals surface area contributed by atoms with E-state index in [9.17, 15) is 9.59 Å². The minimum absolute atomic E-state index is 0.0526. The molecule has 1 aliphatic heterocycles. The van der Waals surface area contributed by atoms with E-state index in [2.05, 4.69) is 10.2 Å². The molecule has 108 valence electrons. The van der Waals surface area contributed by atoms with Gasteiger partial charge in [0.05, 0.1) is 11.4 Å². The molecular weight excluding hydrogens is 256 g/mol. The van der Waals surface area contributed by atoms with Gasteiger partial charge in [0, 0.05) is 31.6 Å². The molecule has 6 nitrogen and oxygen atoms in total. The van der Waals surface area contributed by atoms with Gasteiger partial charge in [-0.2, -0.15) is 0 Å². The lowest BCUT2D eigenvalue weighted by atomic mass is 9.95. The van der Waals surface area contributed by atoms with E-state index in [4.69, 9.17) is 11.5 Å². The van der Waals surface area contributed by atoms with Gasteiger partial charge in [0.25, 0.3) is 0 Å². The minimum Gasteiger partial charge on any atom is -0.397 e. The Morgan fingerprint density at radius 3 is 2.50 bits per heavy atom.